The van der Waals surface area contributed by atoms with Gasteiger partial charge in [-0.1, -0.05) is 0 Å². The molecule has 1 aromatic heterocycles. The van der Waals surface area contributed by atoms with E-state index in [1.165, 1.54) is 25.7 Å². The predicted molar refractivity (Wildman–Crippen MR) is 104 cm³/mol. The molecule has 2 bridgehead atoms. The quantitative estimate of drug-likeness (QED) is 0.701. The monoisotopic (exact) mass is 378 g/mol. The second kappa shape index (κ2) is 8.80. The molecule has 3 heterocycles. The van der Waals surface area contributed by atoms with Gasteiger partial charge < -0.3 is 19.9 Å². The fourth-order valence-corrected chi connectivity index (χ4v) is 5.04. The maximum Gasteiger partial charge on any atom is 0.256 e. The summed E-state index contributed by atoms with van der Waals surface area (Å²) in [6.07, 6.45) is 10.2. The van der Waals surface area contributed by atoms with Crippen molar-refractivity contribution in [3.8, 4) is 5.88 Å². The molecule has 3 fully saturated rings. The standard InChI is InChI=1S/C20H34N4O3/c1-2-25-10-3-11-27-20-19(21)12-23(22-20)15-4-6-16(7-5-15)24-17-8-9-18(24)14-26-13-17/h12,15-18H,2-11,13-14,21H2,1H3/t15-,16-,17-,18+. The van der Waals surface area contributed by atoms with Gasteiger partial charge in [-0.25, -0.2) is 0 Å². The molecule has 2 aliphatic heterocycles. The molecule has 27 heavy (non-hydrogen) atoms. The van der Waals surface area contributed by atoms with Crippen LogP contribution in [0.3, 0.4) is 0 Å². The molecule has 2 N–H and O–H groups in total. The summed E-state index contributed by atoms with van der Waals surface area (Å²) in [6, 6.07) is 2.46. The van der Waals surface area contributed by atoms with E-state index >= 15 is 0 Å². The number of hydrogen-bond acceptors (Lipinski definition) is 6. The topological polar surface area (TPSA) is 74.8 Å². The average molecular weight is 379 g/mol. The van der Waals surface area contributed by atoms with Crippen molar-refractivity contribution in [3.05, 3.63) is 6.20 Å². The Kier molecular flexibility index (Phi) is 6.20. The van der Waals surface area contributed by atoms with Crippen LogP contribution >= 0.6 is 0 Å². The molecule has 0 amide bonds. The number of hydrogen-bond donors (Lipinski definition) is 1. The van der Waals surface area contributed by atoms with E-state index in [0.29, 0.717) is 48.9 Å². The highest BCUT2D eigenvalue weighted by molar-refractivity contribution is 5.46. The summed E-state index contributed by atoms with van der Waals surface area (Å²) in [4.78, 5) is 2.78. The lowest BCUT2D eigenvalue weighted by Gasteiger charge is -2.43. The van der Waals surface area contributed by atoms with E-state index in [2.05, 4.69) is 10.00 Å². The Balaban J connectivity index is 1.28. The Morgan fingerprint density at radius 2 is 1.70 bits per heavy atom. The van der Waals surface area contributed by atoms with Crippen LogP contribution in [-0.4, -0.2) is 65.8 Å². The molecular weight excluding hydrogens is 344 g/mol. The van der Waals surface area contributed by atoms with Crippen molar-refractivity contribution in [2.75, 3.05) is 38.8 Å². The fraction of sp³-hybridized carbons (Fsp3) is 0.850. The van der Waals surface area contributed by atoms with Crippen molar-refractivity contribution < 1.29 is 14.2 Å². The summed E-state index contributed by atoms with van der Waals surface area (Å²) >= 11 is 0. The minimum Gasteiger partial charge on any atom is -0.475 e. The third kappa shape index (κ3) is 4.25. The first-order chi connectivity index (χ1) is 13.3. The first kappa shape index (κ1) is 19.0. The molecule has 1 aliphatic carbocycles. The first-order valence-electron chi connectivity index (χ1n) is 10.7. The number of nitrogen functional groups attached to an aromatic ring is 1. The van der Waals surface area contributed by atoms with E-state index in [1.54, 1.807) is 0 Å². The number of fused-ring (bicyclic) bond motifs is 2. The number of nitrogens with two attached hydrogens (primary N) is 1. The van der Waals surface area contributed by atoms with Gasteiger partial charge in [0, 0.05) is 37.8 Å². The number of nitrogens with zero attached hydrogens (tertiary/aromatic N) is 3. The van der Waals surface area contributed by atoms with Crippen molar-refractivity contribution >= 4 is 5.69 Å². The normalized spacial score (nSPS) is 31.3. The SMILES string of the molecule is CCOCCCOc1nn([C@H]2CC[C@H](N3[C@@H]4CC[C@H]3COC4)CC2)cc1N. The number of aromatic nitrogens is 2. The fourth-order valence-electron chi connectivity index (χ4n) is 5.04. The maximum atomic E-state index is 6.12. The van der Waals surface area contributed by atoms with E-state index in [4.69, 9.17) is 19.9 Å². The van der Waals surface area contributed by atoms with Crippen LogP contribution in [-0.2, 0) is 9.47 Å². The molecule has 7 nitrogen and oxygen atoms in total. The summed E-state index contributed by atoms with van der Waals surface area (Å²) < 4.78 is 18.9. The highest BCUT2D eigenvalue weighted by Gasteiger charge is 2.42. The largest absolute Gasteiger partial charge is 0.475 e. The Labute approximate surface area is 162 Å². The Morgan fingerprint density at radius 3 is 2.41 bits per heavy atom. The smallest absolute Gasteiger partial charge is 0.256 e. The van der Waals surface area contributed by atoms with Gasteiger partial charge in [-0.15, -0.1) is 5.10 Å². The zero-order valence-corrected chi connectivity index (χ0v) is 16.5. The van der Waals surface area contributed by atoms with Crippen LogP contribution in [0, 0.1) is 0 Å². The Bertz CT molecular complexity index is 584. The van der Waals surface area contributed by atoms with Crippen LogP contribution in [0.15, 0.2) is 6.20 Å². The second-order valence-corrected chi connectivity index (χ2v) is 8.10. The molecule has 3 aliphatic rings. The lowest BCUT2D eigenvalue weighted by Crippen LogP contribution is -2.52. The lowest BCUT2D eigenvalue weighted by atomic mass is 9.89. The predicted octanol–water partition coefficient (Wildman–Crippen LogP) is 2.62. The first-order valence-corrected chi connectivity index (χ1v) is 10.7. The number of anilines is 1. The van der Waals surface area contributed by atoms with Crippen LogP contribution in [0.4, 0.5) is 5.69 Å². The Morgan fingerprint density at radius 1 is 1.04 bits per heavy atom. The lowest BCUT2D eigenvalue weighted by molar-refractivity contribution is -0.0458. The van der Waals surface area contributed by atoms with E-state index in [1.807, 2.05) is 17.8 Å². The molecule has 2 saturated heterocycles. The van der Waals surface area contributed by atoms with Crippen molar-refractivity contribution in [1.29, 1.82) is 0 Å². The molecule has 0 radical (unpaired) electrons. The van der Waals surface area contributed by atoms with Crippen LogP contribution in [0.1, 0.15) is 57.9 Å². The van der Waals surface area contributed by atoms with Crippen molar-refractivity contribution in [2.24, 2.45) is 0 Å². The van der Waals surface area contributed by atoms with Crippen LogP contribution in [0.25, 0.3) is 0 Å². The van der Waals surface area contributed by atoms with Crippen LogP contribution < -0.4 is 10.5 Å². The molecular formula is C20H34N4O3. The van der Waals surface area contributed by atoms with Gasteiger partial charge in [0.1, 0.15) is 5.69 Å². The molecule has 0 aromatic carbocycles. The van der Waals surface area contributed by atoms with Crippen molar-refractivity contribution in [3.63, 3.8) is 0 Å². The van der Waals surface area contributed by atoms with E-state index in [0.717, 1.165) is 39.1 Å². The second-order valence-electron chi connectivity index (χ2n) is 8.10. The van der Waals surface area contributed by atoms with Gasteiger partial charge >= 0.3 is 0 Å². The summed E-state index contributed by atoms with van der Waals surface area (Å²) in [6.45, 7) is 5.90. The zero-order chi connectivity index (χ0) is 18.6. The molecule has 0 unspecified atom stereocenters. The minimum absolute atomic E-state index is 0.433. The molecule has 152 valence electrons. The summed E-state index contributed by atoms with van der Waals surface area (Å²) in [5.74, 6) is 0.569. The molecule has 7 heteroatoms. The van der Waals surface area contributed by atoms with Crippen molar-refractivity contribution in [2.45, 2.75) is 76.0 Å². The third-order valence-electron chi connectivity index (χ3n) is 6.36. The van der Waals surface area contributed by atoms with Gasteiger partial charge in [0.2, 0.25) is 0 Å². The van der Waals surface area contributed by atoms with Gasteiger partial charge in [-0.2, -0.15) is 0 Å². The van der Waals surface area contributed by atoms with Crippen molar-refractivity contribution in [1.82, 2.24) is 14.7 Å². The number of rotatable bonds is 8. The molecule has 1 aromatic rings. The van der Waals surface area contributed by atoms with E-state index < -0.39 is 0 Å². The minimum atomic E-state index is 0.433. The summed E-state index contributed by atoms with van der Waals surface area (Å²) in [7, 11) is 0. The molecule has 0 spiro atoms. The zero-order valence-electron chi connectivity index (χ0n) is 16.5. The van der Waals surface area contributed by atoms with Gasteiger partial charge in [0.15, 0.2) is 0 Å². The van der Waals surface area contributed by atoms with Crippen LogP contribution in [0.5, 0.6) is 5.88 Å². The highest BCUT2D eigenvalue weighted by Crippen LogP contribution is 2.38. The third-order valence-corrected chi connectivity index (χ3v) is 6.36. The summed E-state index contributed by atoms with van der Waals surface area (Å²) in [5.41, 5.74) is 6.75. The van der Waals surface area contributed by atoms with Gasteiger partial charge in [-0.3, -0.25) is 9.58 Å². The molecule has 1 saturated carbocycles. The maximum absolute atomic E-state index is 6.12. The van der Waals surface area contributed by atoms with Gasteiger partial charge in [0.05, 0.1) is 32.1 Å². The van der Waals surface area contributed by atoms with Gasteiger partial charge in [-0.05, 0) is 45.4 Å². The Hall–Kier alpha value is -1.31. The van der Waals surface area contributed by atoms with Gasteiger partial charge in [0.25, 0.3) is 5.88 Å². The molecule has 2 atom stereocenters. The highest BCUT2D eigenvalue weighted by atomic mass is 16.5. The van der Waals surface area contributed by atoms with E-state index in [-0.39, 0.29) is 0 Å². The van der Waals surface area contributed by atoms with Crippen LogP contribution in [0.2, 0.25) is 0 Å². The van der Waals surface area contributed by atoms with E-state index in [9.17, 15) is 0 Å². The number of ether oxygens (including phenoxy) is 3. The molecule has 4 rings (SSSR count). The average Bonchev–Trinajstić information content (AvgIpc) is 3.18. The summed E-state index contributed by atoms with van der Waals surface area (Å²) in [5, 5.41) is 4.63. The number of morpholine rings is 1.